The highest BCUT2D eigenvalue weighted by Crippen LogP contribution is 2.39. The lowest BCUT2D eigenvalue weighted by atomic mass is 10.0. The highest BCUT2D eigenvalue weighted by atomic mass is 32.2. The van der Waals surface area contributed by atoms with Crippen molar-refractivity contribution >= 4 is 10.0 Å². The van der Waals surface area contributed by atoms with Crippen molar-refractivity contribution in [2.75, 3.05) is 6.54 Å². The second kappa shape index (κ2) is 8.62. The molecule has 1 unspecified atom stereocenters. The first-order valence-electron chi connectivity index (χ1n) is 10.4. The number of aromatic nitrogens is 3. The quantitative estimate of drug-likeness (QED) is 0.591. The molecule has 0 radical (unpaired) electrons. The molecule has 0 bridgehead atoms. The fourth-order valence-corrected chi connectivity index (χ4v) is 5.59. The third-order valence-corrected chi connectivity index (χ3v) is 7.40. The predicted octanol–water partition coefficient (Wildman–Crippen LogP) is 4.33. The van der Waals surface area contributed by atoms with E-state index in [9.17, 15) is 8.42 Å². The number of hydrogen-bond donors (Lipinski definition) is 0. The van der Waals surface area contributed by atoms with Gasteiger partial charge in [0, 0.05) is 37.1 Å². The van der Waals surface area contributed by atoms with Crippen LogP contribution in [0.1, 0.15) is 49.3 Å². The molecular weight excluding hydrogens is 396 g/mol. The fraction of sp³-hybridized carbons (Fsp3) is 0.348. The highest BCUT2D eigenvalue weighted by molar-refractivity contribution is 7.89. The lowest BCUT2D eigenvalue weighted by molar-refractivity contribution is 0.390. The largest absolute Gasteiger partial charge is 0.265 e. The maximum Gasteiger partial charge on any atom is 0.243 e. The van der Waals surface area contributed by atoms with Crippen LogP contribution in [0.4, 0.5) is 0 Å². The van der Waals surface area contributed by atoms with Gasteiger partial charge in [-0.25, -0.2) is 18.4 Å². The summed E-state index contributed by atoms with van der Waals surface area (Å²) in [5.74, 6) is 0.755. The molecule has 4 rings (SSSR count). The first kappa shape index (κ1) is 20.6. The zero-order chi connectivity index (χ0) is 21.1. The average molecular weight is 423 g/mol. The van der Waals surface area contributed by atoms with E-state index in [2.05, 4.69) is 16.9 Å². The molecule has 0 N–H and O–H groups in total. The second-order valence-electron chi connectivity index (χ2n) is 7.66. The van der Waals surface area contributed by atoms with Gasteiger partial charge in [0.05, 0.1) is 16.6 Å². The van der Waals surface area contributed by atoms with Gasteiger partial charge in [0.1, 0.15) is 5.82 Å². The third kappa shape index (κ3) is 4.00. The van der Waals surface area contributed by atoms with Gasteiger partial charge in [-0.2, -0.15) is 4.31 Å². The molecule has 0 aliphatic carbocycles. The van der Waals surface area contributed by atoms with Crippen molar-refractivity contribution in [3.63, 3.8) is 0 Å². The minimum absolute atomic E-state index is 0.307. The Bertz CT molecular complexity index is 1120. The topological polar surface area (TPSA) is 76.1 Å². The van der Waals surface area contributed by atoms with E-state index in [-0.39, 0.29) is 6.04 Å². The smallest absolute Gasteiger partial charge is 0.243 e. The van der Waals surface area contributed by atoms with Gasteiger partial charge in [-0.1, -0.05) is 24.6 Å². The van der Waals surface area contributed by atoms with E-state index in [1.807, 2.05) is 37.4 Å². The highest BCUT2D eigenvalue weighted by Gasteiger charge is 2.38. The fourth-order valence-electron chi connectivity index (χ4n) is 3.93. The maximum absolute atomic E-state index is 13.5. The van der Waals surface area contributed by atoms with Crippen LogP contribution in [0.2, 0.25) is 0 Å². The molecule has 1 fully saturated rings. The number of nitrogens with zero attached hydrogens (tertiary/aromatic N) is 4. The summed E-state index contributed by atoms with van der Waals surface area (Å²) < 4.78 is 28.5. The van der Waals surface area contributed by atoms with Gasteiger partial charge < -0.3 is 0 Å². The first-order chi connectivity index (χ1) is 14.5. The van der Waals surface area contributed by atoms with Crippen LogP contribution in [-0.2, 0) is 16.4 Å². The normalized spacial score (nSPS) is 17.3. The zero-order valence-corrected chi connectivity index (χ0v) is 18.1. The number of hydrogen-bond acceptors (Lipinski definition) is 5. The van der Waals surface area contributed by atoms with E-state index in [1.54, 1.807) is 28.8 Å². The van der Waals surface area contributed by atoms with Crippen LogP contribution in [0, 0.1) is 6.92 Å². The molecule has 7 heteroatoms. The summed E-state index contributed by atoms with van der Waals surface area (Å²) in [4.78, 5) is 13.8. The first-order valence-corrected chi connectivity index (χ1v) is 11.8. The van der Waals surface area contributed by atoms with Gasteiger partial charge in [-0.15, -0.1) is 0 Å². The van der Waals surface area contributed by atoms with Crippen molar-refractivity contribution in [3.8, 4) is 11.1 Å². The molecule has 3 heterocycles. The number of rotatable bonds is 6. The Labute approximate surface area is 178 Å². The number of pyridine rings is 1. The standard InChI is InChI=1S/C23H26N4O2S/c1-3-5-22-25-16-20(18-11-13-24-14-12-18)23(26-22)21-6-4-15-27(21)30(28,29)19-9-7-17(2)8-10-19/h7-14,16,21H,3-6,15H2,1-2H3. The summed E-state index contributed by atoms with van der Waals surface area (Å²) in [6.45, 7) is 4.53. The number of benzene rings is 1. The molecule has 0 saturated carbocycles. The molecule has 156 valence electrons. The van der Waals surface area contributed by atoms with Crippen molar-refractivity contribution < 1.29 is 8.42 Å². The zero-order valence-electron chi connectivity index (χ0n) is 17.3. The average Bonchev–Trinajstić information content (AvgIpc) is 3.26. The van der Waals surface area contributed by atoms with Gasteiger partial charge in [0.15, 0.2) is 0 Å². The molecular formula is C23H26N4O2S. The monoisotopic (exact) mass is 422 g/mol. The van der Waals surface area contributed by atoms with Crippen molar-refractivity contribution in [3.05, 3.63) is 72.1 Å². The van der Waals surface area contributed by atoms with E-state index < -0.39 is 10.0 Å². The number of aryl methyl sites for hydroxylation is 2. The van der Waals surface area contributed by atoms with Gasteiger partial charge in [0.25, 0.3) is 0 Å². The Hall–Kier alpha value is -2.64. The van der Waals surface area contributed by atoms with Crippen LogP contribution in [0.3, 0.4) is 0 Å². The van der Waals surface area contributed by atoms with Gasteiger partial charge in [-0.05, 0) is 56.0 Å². The Morgan fingerprint density at radius 3 is 2.53 bits per heavy atom. The molecule has 6 nitrogen and oxygen atoms in total. The molecule has 0 spiro atoms. The van der Waals surface area contributed by atoms with Gasteiger partial charge >= 0.3 is 0 Å². The second-order valence-corrected chi connectivity index (χ2v) is 9.55. The molecule has 30 heavy (non-hydrogen) atoms. The van der Waals surface area contributed by atoms with E-state index >= 15 is 0 Å². The Kier molecular flexibility index (Phi) is 5.92. The van der Waals surface area contributed by atoms with Crippen LogP contribution in [-0.4, -0.2) is 34.2 Å². The Morgan fingerprint density at radius 2 is 1.83 bits per heavy atom. The van der Waals surface area contributed by atoms with Crippen molar-refractivity contribution in [1.29, 1.82) is 0 Å². The van der Waals surface area contributed by atoms with Crippen molar-refractivity contribution in [1.82, 2.24) is 19.3 Å². The molecule has 1 aliphatic heterocycles. The van der Waals surface area contributed by atoms with Crippen LogP contribution in [0.15, 0.2) is 59.9 Å². The minimum atomic E-state index is -3.62. The van der Waals surface area contributed by atoms with Crippen LogP contribution < -0.4 is 0 Å². The summed E-state index contributed by atoms with van der Waals surface area (Å²) in [5.41, 5.74) is 3.63. The van der Waals surface area contributed by atoms with Crippen LogP contribution in [0.25, 0.3) is 11.1 Å². The lowest BCUT2D eigenvalue weighted by Gasteiger charge is -2.25. The molecule has 0 amide bonds. The Morgan fingerprint density at radius 1 is 1.10 bits per heavy atom. The molecule has 3 aromatic rings. The molecule has 1 aromatic carbocycles. The van der Waals surface area contributed by atoms with Crippen LogP contribution >= 0.6 is 0 Å². The third-order valence-electron chi connectivity index (χ3n) is 5.48. The minimum Gasteiger partial charge on any atom is -0.265 e. The van der Waals surface area contributed by atoms with Crippen molar-refractivity contribution in [2.45, 2.75) is 50.5 Å². The molecule has 1 saturated heterocycles. The summed E-state index contributed by atoms with van der Waals surface area (Å²) in [5, 5.41) is 0. The van der Waals surface area contributed by atoms with Gasteiger partial charge in [-0.3, -0.25) is 4.98 Å². The predicted molar refractivity (Wildman–Crippen MR) is 116 cm³/mol. The molecule has 1 atom stereocenters. The van der Waals surface area contributed by atoms with E-state index in [4.69, 9.17) is 4.98 Å². The summed E-state index contributed by atoms with van der Waals surface area (Å²) >= 11 is 0. The van der Waals surface area contributed by atoms with Gasteiger partial charge in [0.2, 0.25) is 10.0 Å². The summed E-state index contributed by atoms with van der Waals surface area (Å²) in [6, 6.07) is 10.6. The SMILES string of the molecule is CCCc1ncc(-c2ccncc2)c(C2CCCN2S(=O)(=O)c2ccc(C)cc2)n1. The lowest BCUT2D eigenvalue weighted by Crippen LogP contribution is -2.31. The summed E-state index contributed by atoms with van der Waals surface area (Å²) in [7, 11) is -3.62. The molecule has 1 aliphatic rings. The molecule has 2 aromatic heterocycles. The maximum atomic E-state index is 13.5. The summed E-state index contributed by atoms with van der Waals surface area (Å²) in [6.07, 6.45) is 8.54. The van der Waals surface area contributed by atoms with Crippen molar-refractivity contribution in [2.24, 2.45) is 0 Å². The Balaban J connectivity index is 1.80. The van der Waals surface area contributed by atoms with E-state index in [1.165, 1.54) is 0 Å². The van der Waals surface area contributed by atoms with E-state index in [0.29, 0.717) is 11.4 Å². The van der Waals surface area contributed by atoms with E-state index in [0.717, 1.165) is 53.9 Å². The van der Waals surface area contributed by atoms with Crippen LogP contribution in [0.5, 0.6) is 0 Å². The number of sulfonamides is 1.